The number of rotatable bonds is 6. The van der Waals surface area contributed by atoms with Crippen LogP contribution in [0.15, 0.2) is 42.5 Å². The minimum absolute atomic E-state index is 0.0861. The normalized spacial score (nSPS) is 10.4. The summed E-state index contributed by atoms with van der Waals surface area (Å²) in [6.07, 6.45) is -0.362. The van der Waals surface area contributed by atoms with Crippen LogP contribution in [0.4, 0.5) is 21.0 Å². The van der Waals surface area contributed by atoms with E-state index in [1.54, 1.807) is 6.92 Å². The van der Waals surface area contributed by atoms with E-state index < -0.39 is 36.1 Å². The number of ether oxygens (including phenoxy) is 2. The van der Waals surface area contributed by atoms with E-state index in [0.717, 1.165) is 0 Å². The molecule has 1 aromatic carbocycles. The van der Waals surface area contributed by atoms with Crippen molar-refractivity contribution < 1.29 is 48.5 Å². The largest absolute Gasteiger partial charge is 0.478 e. The van der Waals surface area contributed by atoms with Gasteiger partial charge >= 0.3 is 36.1 Å². The van der Waals surface area contributed by atoms with Crippen molar-refractivity contribution in [1.29, 1.82) is 0 Å². The zero-order valence-electron chi connectivity index (χ0n) is 14.7. The summed E-state index contributed by atoms with van der Waals surface area (Å²) < 4.78 is 8.63. The second kappa shape index (κ2) is 10.6. The number of carboxylic acid groups (broad SMARTS) is 2. The monoisotopic (exact) mass is 406 g/mol. The zero-order chi connectivity index (χ0) is 22.0. The standard InChI is InChI=1S/C17H14N2O10/c1-9-2-3-10(18-16(26)28-14(24)6-4-12(20)21)8-11(9)19-17(27)29-15(25)7-5-13(22)23/h2-8H,1H3,(H,18,26)(H,19,27)(H,20,21)(H,22,23)/b6-4+,7-5+. The van der Waals surface area contributed by atoms with Gasteiger partial charge in [0.2, 0.25) is 0 Å². The predicted molar refractivity (Wildman–Crippen MR) is 95.0 cm³/mol. The van der Waals surface area contributed by atoms with Crippen LogP contribution in [0, 0.1) is 6.92 Å². The van der Waals surface area contributed by atoms with Crippen molar-refractivity contribution >= 4 is 47.4 Å². The highest BCUT2D eigenvalue weighted by Gasteiger charge is 2.13. The fraction of sp³-hybridized carbons (Fsp3) is 0.0588. The highest BCUT2D eigenvalue weighted by molar-refractivity contribution is 6.01. The quantitative estimate of drug-likeness (QED) is 0.306. The van der Waals surface area contributed by atoms with Gasteiger partial charge in [-0.1, -0.05) is 6.07 Å². The Balaban J connectivity index is 2.72. The second-order valence-electron chi connectivity index (χ2n) is 5.04. The van der Waals surface area contributed by atoms with Crippen molar-refractivity contribution in [3.63, 3.8) is 0 Å². The maximum Gasteiger partial charge on any atom is 0.419 e. The summed E-state index contributed by atoms with van der Waals surface area (Å²) in [5.41, 5.74) is 0.720. The lowest BCUT2D eigenvalue weighted by Gasteiger charge is -2.10. The van der Waals surface area contributed by atoms with Gasteiger partial charge in [-0.3, -0.25) is 10.6 Å². The number of carbonyl (C=O) groups excluding carboxylic acids is 4. The van der Waals surface area contributed by atoms with Crippen molar-refractivity contribution in [3.05, 3.63) is 48.1 Å². The maximum atomic E-state index is 11.7. The van der Waals surface area contributed by atoms with Crippen LogP contribution in [0.1, 0.15) is 5.56 Å². The number of benzene rings is 1. The number of carbonyl (C=O) groups is 6. The second-order valence-corrected chi connectivity index (χ2v) is 5.04. The van der Waals surface area contributed by atoms with E-state index in [1.165, 1.54) is 18.2 Å². The molecule has 1 aromatic rings. The number of hydrogen-bond acceptors (Lipinski definition) is 8. The van der Waals surface area contributed by atoms with E-state index >= 15 is 0 Å². The smallest absolute Gasteiger partial charge is 0.419 e. The van der Waals surface area contributed by atoms with E-state index in [4.69, 9.17) is 10.2 Å². The molecule has 0 aromatic heterocycles. The van der Waals surface area contributed by atoms with Gasteiger partial charge in [0.15, 0.2) is 0 Å². The molecule has 4 N–H and O–H groups in total. The van der Waals surface area contributed by atoms with Gasteiger partial charge in [-0.15, -0.1) is 0 Å². The molecule has 12 heteroatoms. The lowest BCUT2D eigenvalue weighted by Crippen LogP contribution is -2.19. The average molecular weight is 406 g/mol. The Morgan fingerprint density at radius 2 is 1.28 bits per heavy atom. The van der Waals surface area contributed by atoms with E-state index in [1.807, 2.05) is 0 Å². The van der Waals surface area contributed by atoms with Crippen LogP contribution in [-0.4, -0.2) is 46.3 Å². The molecule has 0 fully saturated rings. The Hall–Kier alpha value is -4.48. The van der Waals surface area contributed by atoms with Gasteiger partial charge in [0.25, 0.3) is 0 Å². The van der Waals surface area contributed by atoms with Crippen molar-refractivity contribution in [3.8, 4) is 0 Å². The predicted octanol–water partition coefficient (Wildman–Crippen LogP) is 1.43. The topological polar surface area (TPSA) is 185 Å². The molecule has 0 atom stereocenters. The molecule has 0 saturated heterocycles. The third kappa shape index (κ3) is 9.14. The summed E-state index contributed by atoms with van der Waals surface area (Å²) in [5, 5.41) is 21.2. The summed E-state index contributed by atoms with van der Waals surface area (Å²) in [4.78, 5) is 66.4. The molecule has 0 aliphatic carbocycles. The first kappa shape index (κ1) is 22.6. The third-order valence-electron chi connectivity index (χ3n) is 2.83. The number of anilines is 2. The molecule has 0 heterocycles. The molecule has 0 spiro atoms. The van der Waals surface area contributed by atoms with Gasteiger partial charge in [-0.2, -0.15) is 0 Å². The van der Waals surface area contributed by atoms with E-state index in [9.17, 15) is 28.8 Å². The molecule has 0 aliphatic rings. The summed E-state index contributed by atoms with van der Waals surface area (Å²) in [7, 11) is 0. The summed E-state index contributed by atoms with van der Waals surface area (Å²) in [6.45, 7) is 1.59. The fourth-order valence-electron chi connectivity index (χ4n) is 1.64. The van der Waals surface area contributed by atoms with Crippen molar-refractivity contribution in [2.45, 2.75) is 6.92 Å². The number of esters is 2. The first-order chi connectivity index (χ1) is 13.6. The van der Waals surface area contributed by atoms with Crippen molar-refractivity contribution in [1.82, 2.24) is 0 Å². The van der Waals surface area contributed by atoms with E-state index in [0.29, 0.717) is 29.9 Å². The summed E-state index contributed by atoms with van der Waals surface area (Å²) >= 11 is 0. The van der Waals surface area contributed by atoms with Gasteiger partial charge in [0, 0.05) is 35.7 Å². The number of amides is 2. The fourth-order valence-corrected chi connectivity index (χ4v) is 1.64. The first-order valence-electron chi connectivity index (χ1n) is 7.55. The van der Waals surface area contributed by atoms with Crippen LogP contribution in [-0.2, 0) is 28.7 Å². The Morgan fingerprint density at radius 1 is 0.793 bits per heavy atom. The lowest BCUT2D eigenvalue weighted by atomic mass is 10.2. The van der Waals surface area contributed by atoms with Gasteiger partial charge in [0.1, 0.15) is 0 Å². The van der Waals surface area contributed by atoms with Crippen molar-refractivity contribution in [2.24, 2.45) is 0 Å². The average Bonchev–Trinajstić information content (AvgIpc) is 2.61. The molecule has 0 aliphatic heterocycles. The van der Waals surface area contributed by atoms with E-state index in [-0.39, 0.29) is 11.4 Å². The Kier molecular flexibility index (Phi) is 8.26. The van der Waals surface area contributed by atoms with Crippen LogP contribution in [0.3, 0.4) is 0 Å². The number of hydrogen-bond donors (Lipinski definition) is 4. The van der Waals surface area contributed by atoms with Crippen LogP contribution in [0.25, 0.3) is 0 Å². The molecule has 152 valence electrons. The number of aryl methyl sites for hydroxylation is 1. The minimum atomic E-state index is -1.40. The summed E-state index contributed by atoms with van der Waals surface area (Å²) in [6, 6.07) is 4.14. The molecule has 0 saturated carbocycles. The van der Waals surface area contributed by atoms with Crippen LogP contribution >= 0.6 is 0 Å². The zero-order valence-corrected chi connectivity index (χ0v) is 14.7. The van der Waals surface area contributed by atoms with E-state index in [2.05, 4.69) is 20.1 Å². The lowest BCUT2D eigenvalue weighted by molar-refractivity contribution is -0.134. The molecule has 0 radical (unpaired) electrons. The number of aliphatic carboxylic acids is 2. The number of nitrogens with one attached hydrogen (secondary N) is 2. The SMILES string of the molecule is Cc1ccc(NC(=O)OC(=O)/C=C/C(=O)O)cc1NC(=O)OC(=O)/C=C/C(=O)O. The van der Waals surface area contributed by atoms with Gasteiger partial charge in [0.05, 0.1) is 0 Å². The molecular weight excluding hydrogens is 392 g/mol. The van der Waals surface area contributed by atoms with Gasteiger partial charge < -0.3 is 19.7 Å². The highest BCUT2D eigenvalue weighted by Crippen LogP contribution is 2.20. The van der Waals surface area contributed by atoms with Crippen LogP contribution in [0.2, 0.25) is 0 Å². The maximum absolute atomic E-state index is 11.7. The minimum Gasteiger partial charge on any atom is -0.478 e. The van der Waals surface area contributed by atoms with Crippen molar-refractivity contribution in [2.75, 3.05) is 10.6 Å². The van der Waals surface area contributed by atoms with Crippen LogP contribution < -0.4 is 10.6 Å². The molecule has 12 nitrogen and oxygen atoms in total. The number of carboxylic acids is 2. The van der Waals surface area contributed by atoms with Crippen LogP contribution in [0.5, 0.6) is 0 Å². The third-order valence-corrected chi connectivity index (χ3v) is 2.83. The molecule has 0 bridgehead atoms. The summed E-state index contributed by atoms with van der Waals surface area (Å²) in [5.74, 6) is -5.23. The molecule has 29 heavy (non-hydrogen) atoms. The highest BCUT2D eigenvalue weighted by atomic mass is 16.6. The van der Waals surface area contributed by atoms with Gasteiger partial charge in [-0.25, -0.2) is 28.8 Å². The molecule has 2 amide bonds. The Labute approximate surface area is 162 Å². The Bertz CT molecular complexity index is 917. The first-order valence-corrected chi connectivity index (χ1v) is 7.55. The Morgan fingerprint density at radius 3 is 1.76 bits per heavy atom. The molecular formula is C17H14N2O10. The molecule has 0 unspecified atom stereocenters. The van der Waals surface area contributed by atoms with Gasteiger partial charge in [-0.05, 0) is 24.6 Å². The molecule has 1 rings (SSSR count).